The van der Waals surface area contributed by atoms with E-state index in [9.17, 15) is 0 Å². The topological polar surface area (TPSA) is 0 Å². The molecule has 0 aromatic heterocycles. The van der Waals surface area contributed by atoms with Gasteiger partial charge in [-0.3, -0.25) is 0 Å². The van der Waals surface area contributed by atoms with Crippen LogP contribution in [0, 0.1) is 0 Å². The van der Waals surface area contributed by atoms with Crippen LogP contribution in [0.15, 0.2) is 21.0 Å². The summed E-state index contributed by atoms with van der Waals surface area (Å²) >= 11 is 1.60. The van der Waals surface area contributed by atoms with Crippen molar-refractivity contribution < 1.29 is 24.7 Å². The summed E-state index contributed by atoms with van der Waals surface area (Å²) in [6.07, 6.45) is 6.95. The van der Waals surface area contributed by atoms with Crippen LogP contribution in [0.1, 0.15) is 19.8 Å². The first-order valence-electron chi connectivity index (χ1n) is 2.94. The van der Waals surface area contributed by atoms with Gasteiger partial charge in [0.1, 0.15) is 0 Å². The van der Waals surface area contributed by atoms with Gasteiger partial charge in [-0.2, -0.15) is 0 Å². The molecule has 0 atom stereocenters. The Labute approximate surface area is 89.8 Å². The van der Waals surface area contributed by atoms with Gasteiger partial charge in [-0.15, -0.1) is 24.8 Å². The maximum Gasteiger partial charge on any atom is -0.147 e. The minimum atomic E-state index is 0. The van der Waals surface area contributed by atoms with E-state index >= 15 is 0 Å². The molecular weight excluding hydrogens is 246 g/mol. The van der Waals surface area contributed by atoms with E-state index in [2.05, 4.69) is 19.1 Å². The average Bonchev–Trinajstić information content (AvgIpc) is 2.14. The molecule has 0 spiro atoms. The third kappa shape index (κ3) is 3.37. The van der Waals surface area contributed by atoms with Crippen molar-refractivity contribution in [2.75, 3.05) is 0 Å². The Kier molecular flexibility index (Phi) is 8.98. The molecule has 1 aliphatic rings. The monoisotopic (exact) mass is 255 g/mol. The summed E-state index contributed by atoms with van der Waals surface area (Å²) in [6, 6.07) is 0. The molecule has 0 nitrogen and oxygen atoms in total. The molecule has 0 heterocycles. The van der Waals surface area contributed by atoms with Crippen molar-refractivity contribution >= 4 is 24.8 Å². The Morgan fingerprint density at radius 2 is 2.10 bits per heavy atom. The third-order valence-electron chi connectivity index (χ3n) is 1.41. The second-order valence-electron chi connectivity index (χ2n) is 1.96. The SMILES string of the molecule is CCC1=[C]([Zr])CC=C1.Cl.Cl. The fourth-order valence-electron chi connectivity index (χ4n) is 0.882. The van der Waals surface area contributed by atoms with E-state index in [4.69, 9.17) is 0 Å². The molecule has 0 bridgehead atoms. The van der Waals surface area contributed by atoms with E-state index in [0.29, 0.717) is 0 Å². The van der Waals surface area contributed by atoms with Crippen molar-refractivity contribution in [3.05, 3.63) is 21.0 Å². The fraction of sp³-hybridized carbons (Fsp3) is 0.429. The van der Waals surface area contributed by atoms with Crippen LogP contribution in [0.2, 0.25) is 0 Å². The van der Waals surface area contributed by atoms with Crippen molar-refractivity contribution in [1.82, 2.24) is 0 Å². The van der Waals surface area contributed by atoms with Crippen LogP contribution in [0.5, 0.6) is 0 Å². The zero-order valence-corrected chi connectivity index (χ0v) is 9.98. The minimum absolute atomic E-state index is 0. The molecule has 1 aliphatic carbocycles. The zero-order valence-electron chi connectivity index (χ0n) is 5.89. The summed E-state index contributed by atoms with van der Waals surface area (Å²) in [4.78, 5) is 0. The van der Waals surface area contributed by atoms with Gasteiger partial charge in [0.25, 0.3) is 0 Å². The number of hydrogen-bond donors (Lipinski definition) is 0. The molecule has 0 amide bonds. The standard InChI is InChI=1S/C7H9.2ClH.Zr/c1-2-7-5-3-4-6-7;;;/h3,5H,2,4H2,1H3;2*1H;. The molecule has 10 heavy (non-hydrogen) atoms. The molecule has 0 aliphatic heterocycles. The molecule has 0 aromatic carbocycles. The van der Waals surface area contributed by atoms with Gasteiger partial charge in [-0.25, -0.2) is 0 Å². The molecule has 0 radical (unpaired) electrons. The molecule has 3 heteroatoms. The van der Waals surface area contributed by atoms with Crippen LogP contribution in [0.3, 0.4) is 0 Å². The van der Waals surface area contributed by atoms with Crippen LogP contribution < -0.4 is 0 Å². The van der Waals surface area contributed by atoms with Crippen LogP contribution in [0.25, 0.3) is 0 Å². The maximum atomic E-state index is 2.25. The van der Waals surface area contributed by atoms with Gasteiger partial charge in [0.15, 0.2) is 0 Å². The van der Waals surface area contributed by atoms with Gasteiger partial charge < -0.3 is 0 Å². The summed E-state index contributed by atoms with van der Waals surface area (Å²) in [7, 11) is 0. The van der Waals surface area contributed by atoms with Crippen LogP contribution in [0.4, 0.5) is 0 Å². The molecular formula is C7H11Cl2Zr. The first-order valence-corrected chi connectivity index (χ1v) is 4.17. The molecule has 0 N–H and O–H groups in total. The molecule has 0 saturated carbocycles. The predicted octanol–water partition coefficient (Wildman–Crippen LogP) is 3.00. The summed E-state index contributed by atoms with van der Waals surface area (Å²) in [5, 5.41) is 0. The smallest absolute Gasteiger partial charge is 0.147 e. The van der Waals surface area contributed by atoms with Crippen molar-refractivity contribution in [3.63, 3.8) is 0 Å². The second kappa shape index (κ2) is 6.64. The zero-order chi connectivity index (χ0) is 5.98. The quantitative estimate of drug-likeness (QED) is 0.677. The second-order valence-corrected chi connectivity index (χ2v) is 3.45. The Bertz CT molecular complexity index is 150. The van der Waals surface area contributed by atoms with Gasteiger partial charge in [0, 0.05) is 0 Å². The Balaban J connectivity index is 0. The van der Waals surface area contributed by atoms with E-state index in [1.54, 1.807) is 33.6 Å². The number of hydrogen-bond acceptors (Lipinski definition) is 0. The summed E-state index contributed by atoms with van der Waals surface area (Å²) in [5.74, 6) is 0. The summed E-state index contributed by atoms with van der Waals surface area (Å²) in [5.41, 5.74) is 1.57. The third-order valence-corrected chi connectivity index (χ3v) is 2.70. The van der Waals surface area contributed by atoms with E-state index in [1.807, 2.05) is 0 Å². The Morgan fingerprint density at radius 3 is 2.30 bits per heavy atom. The van der Waals surface area contributed by atoms with Crippen molar-refractivity contribution in [1.29, 1.82) is 0 Å². The van der Waals surface area contributed by atoms with Gasteiger partial charge >= 0.3 is 65.5 Å². The number of halogens is 2. The van der Waals surface area contributed by atoms with Crippen LogP contribution in [-0.4, -0.2) is 0 Å². The van der Waals surface area contributed by atoms with Crippen molar-refractivity contribution in [3.8, 4) is 0 Å². The first kappa shape index (κ1) is 13.5. The van der Waals surface area contributed by atoms with Crippen molar-refractivity contribution in [2.24, 2.45) is 0 Å². The summed E-state index contributed by atoms with van der Waals surface area (Å²) < 4.78 is 1.64. The minimum Gasteiger partial charge on any atom is -0.147 e. The predicted molar refractivity (Wildman–Crippen MR) is 45.6 cm³/mol. The van der Waals surface area contributed by atoms with Crippen LogP contribution >= 0.6 is 24.8 Å². The van der Waals surface area contributed by atoms with E-state index in [1.165, 1.54) is 12.8 Å². The molecule has 0 aromatic rings. The number of rotatable bonds is 1. The molecule has 1 rings (SSSR count). The average molecular weight is 257 g/mol. The van der Waals surface area contributed by atoms with Gasteiger partial charge in [-0.05, 0) is 0 Å². The van der Waals surface area contributed by atoms with E-state index < -0.39 is 0 Å². The van der Waals surface area contributed by atoms with Crippen molar-refractivity contribution in [2.45, 2.75) is 19.8 Å². The van der Waals surface area contributed by atoms with Gasteiger partial charge in [0.2, 0.25) is 0 Å². The fourth-order valence-corrected chi connectivity index (χ4v) is 1.81. The normalized spacial score (nSPS) is 14.4. The summed E-state index contributed by atoms with van der Waals surface area (Å²) in [6.45, 7) is 2.22. The van der Waals surface area contributed by atoms with E-state index in [-0.39, 0.29) is 24.8 Å². The van der Waals surface area contributed by atoms with Crippen LogP contribution in [-0.2, 0) is 24.7 Å². The molecule has 0 saturated heterocycles. The first-order chi connectivity index (χ1) is 3.84. The Morgan fingerprint density at radius 1 is 1.50 bits per heavy atom. The van der Waals surface area contributed by atoms with Gasteiger partial charge in [-0.1, -0.05) is 0 Å². The largest absolute Gasteiger partial charge is 0.147 e. The van der Waals surface area contributed by atoms with Gasteiger partial charge in [0.05, 0.1) is 0 Å². The molecule has 0 unspecified atom stereocenters. The van der Waals surface area contributed by atoms with E-state index in [0.717, 1.165) is 0 Å². The maximum absolute atomic E-state index is 2.25. The molecule has 57 valence electrons. The Hall–Kier alpha value is 0.943. The number of allylic oxidation sites excluding steroid dienone is 4. The molecule has 0 fully saturated rings.